The van der Waals surface area contributed by atoms with E-state index in [-0.39, 0.29) is 17.1 Å². The Hall–Kier alpha value is -2.59. The number of tetrazole rings is 2. The van der Waals surface area contributed by atoms with Crippen LogP contribution in [0.1, 0.15) is 51.3 Å². The van der Waals surface area contributed by atoms with Gasteiger partial charge in [-0.3, -0.25) is 5.32 Å². The van der Waals surface area contributed by atoms with E-state index in [1.54, 1.807) is 4.68 Å². The van der Waals surface area contributed by atoms with Gasteiger partial charge in [-0.1, -0.05) is 5.10 Å². The minimum atomic E-state index is -0.251. The van der Waals surface area contributed by atoms with Crippen LogP contribution in [0.2, 0.25) is 0 Å². The summed E-state index contributed by atoms with van der Waals surface area (Å²) >= 11 is 0. The normalized spacial score (nSPS) is 34.0. The maximum Gasteiger partial charge on any atom is 0.322 e. The molecule has 2 amide bonds. The fourth-order valence-electron chi connectivity index (χ4n) is 5.96. The molecule has 4 bridgehead atoms. The van der Waals surface area contributed by atoms with Crippen molar-refractivity contribution < 1.29 is 4.79 Å². The van der Waals surface area contributed by atoms with Crippen molar-refractivity contribution in [3.05, 3.63) is 5.82 Å². The number of nitrogens with one attached hydrogen (secondary N) is 2. The lowest BCUT2D eigenvalue weighted by Crippen LogP contribution is -2.66. The molecule has 0 radical (unpaired) electrons. The second-order valence-corrected chi connectivity index (χ2v) is 8.49. The Labute approximate surface area is 156 Å². The second kappa shape index (κ2) is 5.70. The number of carbonyl (C=O) groups excluding carboxylic acids is 1. The summed E-state index contributed by atoms with van der Waals surface area (Å²) in [4.78, 5) is 14.6. The predicted octanol–water partition coefficient (Wildman–Crippen LogP) is 0.858. The molecule has 0 spiro atoms. The van der Waals surface area contributed by atoms with Crippen LogP contribution in [-0.2, 0) is 12.1 Å². The molecule has 4 saturated carbocycles. The van der Waals surface area contributed by atoms with Crippen LogP contribution >= 0.6 is 0 Å². The largest absolute Gasteiger partial charge is 0.332 e. The van der Waals surface area contributed by atoms with Gasteiger partial charge in [0, 0.05) is 12.1 Å². The molecule has 144 valence electrons. The number of urea groups is 1. The summed E-state index contributed by atoms with van der Waals surface area (Å²) in [5.41, 5.74) is -0.371. The Balaban J connectivity index is 1.38. The minimum Gasteiger partial charge on any atom is -0.332 e. The van der Waals surface area contributed by atoms with E-state index in [1.807, 2.05) is 18.6 Å². The van der Waals surface area contributed by atoms with Crippen molar-refractivity contribution in [3.8, 4) is 0 Å². The first-order valence-corrected chi connectivity index (χ1v) is 9.62. The van der Waals surface area contributed by atoms with E-state index < -0.39 is 0 Å². The number of hydrogen-bond donors (Lipinski definition) is 2. The molecule has 2 heterocycles. The van der Waals surface area contributed by atoms with Crippen molar-refractivity contribution in [2.45, 2.75) is 70.0 Å². The molecule has 27 heavy (non-hydrogen) atoms. The van der Waals surface area contributed by atoms with Gasteiger partial charge in [-0.15, -0.1) is 10.2 Å². The first-order valence-electron chi connectivity index (χ1n) is 9.62. The third-order valence-electron chi connectivity index (χ3n) is 6.40. The molecule has 0 saturated heterocycles. The van der Waals surface area contributed by atoms with Crippen LogP contribution in [0.4, 0.5) is 10.7 Å². The highest BCUT2D eigenvalue weighted by Crippen LogP contribution is 2.60. The third kappa shape index (κ3) is 2.67. The Morgan fingerprint density at radius 2 is 1.96 bits per heavy atom. The summed E-state index contributed by atoms with van der Waals surface area (Å²) in [7, 11) is 0. The maximum absolute atomic E-state index is 12.7. The second-order valence-electron chi connectivity index (χ2n) is 8.49. The van der Waals surface area contributed by atoms with Crippen LogP contribution in [0.5, 0.6) is 0 Å². The van der Waals surface area contributed by atoms with E-state index in [4.69, 9.17) is 0 Å². The highest BCUT2D eigenvalue weighted by molar-refractivity contribution is 5.88. The summed E-state index contributed by atoms with van der Waals surface area (Å²) in [5.74, 6) is 2.22. The molecule has 11 nitrogen and oxygen atoms in total. The SMILES string of the molecule is CCn1nnnc1NC(=O)NC12C[C@H]3C[C@@H](C1)CC(n1nnc(C)n1)(C3)C2. The van der Waals surface area contributed by atoms with Gasteiger partial charge in [-0.2, -0.15) is 4.80 Å². The Morgan fingerprint density at radius 3 is 2.63 bits per heavy atom. The van der Waals surface area contributed by atoms with E-state index >= 15 is 0 Å². The molecule has 2 aromatic heterocycles. The summed E-state index contributed by atoms with van der Waals surface area (Å²) in [6, 6.07) is -0.251. The number of anilines is 1. The van der Waals surface area contributed by atoms with Crippen LogP contribution in [-0.4, -0.2) is 52.0 Å². The van der Waals surface area contributed by atoms with Crippen molar-refractivity contribution in [1.82, 2.24) is 45.7 Å². The van der Waals surface area contributed by atoms with Gasteiger partial charge >= 0.3 is 6.03 Å². The smallest absolute Gasteiger partial charge is 0.322 e. The molecule has 0 aromatic carbocycles. The van der Waals surface area contributed by atoms with Crippen LogP contribution in [0.3, 0.4) is 0 Å². The average Bonchev–Trinajstić information content (AvgIpc) is 3.22. The van der Waals surface area contributed by atoms with Crippen LogP contribution in [0, 0.1) is 18.8 Å². The molecule has 6 rings (SSSR count). The fourth-order valence-corrected chi connectivity index (χ4v) is 5.96. The fraction of sp³-hybridized carbons (Fsp3) is 0.812. The number of hydrogen-bond acceptors (Lipinski definition) is 7. The molecule has 4 fully saturated rings. The number of carbonyl (C=O) groups is 1. The van der Waals surface area contributed by atoms with Crippen LogP contribution in [0.25, 0.3) is 0 Å². The van der Waals surface area contributed by atoms with Crippen molar-refractivity contribution in [3.63, 3.8) is 0 Å². The minimum absolute atomic E-state index is 0.135. The van der Waals surface area contributed by atoms with Gasteiger partial charge in [0.1, 0.15) is 0 Å². The number of amides is 2. The van der Waals surface area contributed by atoms with Crippen LogP contribution < -0.4 is 10.6 Å². The van der Waals surface area contributed by atoms with Crippen molar-refractivity contribution in [2.24, 2.45) is 11.8 Å². The third-order valence-corrected chi connectivity index (χ3v) is 6.40. The van der Waals surface area contributed by atoms with Crippen LogP contribution in [0.15, 0.2) is 0 Å². The van der Waals surface area contributed by atoms with E-state index in [0.29, 0.717) is 30.2 Å². The summed E-state index contributed by atoms with van der Waals surface area (Å²) in [6.07, 6.45) is 6.22. The predicted molar refractivity (Wildman–Crippen MR) is 93.6 cm³/mol. The zero-order valence-electron chi connectivity index (χ0n) is 15.6. The molecule has 2 aromatic rings. The average molecular weight is 372 g/mol. The van der Waals surface area contributed by atoms with Crippen molar-refractivity contribution in [2.75, 3.05) is 5.32 Å². The van der Waals surface area contributed by atoms with Crippen molar-refractivity contribution >= 4 is 12.0 Å². The zero-order valence-corrected chi connectivity index (χ0v) is 15.6. The monoisotopic (exact) mass is 372 g/mol. The molecule has 2 unspecified atom stereocenters. The lowest BCUT2D eigenvalue weighted by molar-refractivity contribution is -0.0797. The quantitative estimate of drug-likeness (QED) is 0.814. The Kier molecular flexibility index (Phi) is 3.50. The number of rotatable bonds is 4. The first-order chi connectivity index (χ1) is 13.0. The van der Waals surface area contributed by atoms with E-state index in [0.717, 1.165) is 32.1 Å². The molecule has 11 heteroatoms. The molecule has 2 N–H and O–H groups in total. The summed E-state index contributed by atoms with van der Waals surface area (Å²) in [6.45, 7) is 4.39. The van der Waals surface area contributed by atoms with E-state index in [9.17, 15) is 4.79 Å². The molecular weight excluding hydrogens is 348 g/mol. The topological polar surface area (TPSA) is 128 Å². The van der Waals surface area contributed by atoms with Gasteiger partial charge < -0.3 is 5.32 Å². The van der Waals surface area contributed by atoms with Gasteiger partial charge in [-0.05, 0) is 79.8 Å². The number of nitrogens with zero attached hydrogens (tertiary/aromatic N) is 8. The van der Waals surface area contributed by atoms with Gasteiger partial charge in [0.15, 0.2) is 5.82 Å². The van der Waals surface area contributed by atoms with E-state index in [1.165, 1.54) is 6.42 Å². The maximum atomic E-state index is 12.7. The van der Waals surface area contributed by atoms with E-state index in [2.05, 4.69) is 41.6 Å². The van der Waals surface area contributed by atoms with Gasteiger partial charge in [0.2, 0.25) is 0 Å². The van der Waals surface area contributed by atoms with Gasteiger partial charge in [0.05, 0.1) is 5.54 Å². The first kappa shape index (κ1) is 16.6. The molecular formula is C16H24N10O. The van der Waals surface area contributed by atoms with Gasteiger partial charge in [0.25, 0.3) is 5.95 Å². The van der Waals surface area contributed by atoms with Gasteiger partial charge in [-0.25, -0.2) is 9.48 Å². The highest BCUT2D eigenvalue weighted by Gasteiger charge is 2.60. The number of aryl methyl sites for hydroxylation is 2. The Bertz CT molecular complexity index is 858. The molecule has 0 aliphatic heterocycles. The molecule has 4 aliphatic rings. The lowest BCUT2D eigenvalue weighted by Gasteiger charge is -2.61. The lowest BCUT2D eigenvalue weighted by atomic mass is 9.50. The number of aromatic nitrogens is 8. The molecule has 4 aliphatic carbocycles. The highest BCUT2D eigenvalue weighted by atomic mass is 16.2. The zero-order chi connectivity index (χ0) is 18.6. The standard InChI is InChI=1S/C16H24N10O/c1-3-25-13(20-22-24-25)17-14(27)18-15-5-11-4-12(6-15)8-16(7-11,9-15)26-21-10(2)19-23-26/h11-12H,3-9H2,1-2H3,(H2,17,18,20,24,27)/t11-,12+,15?,16?. The molecule has 4 atom stereocenters. The van der Waals surface area contributed by atoms with Crippen molar-refractivity contribution in [1.29, 1.82) is 0 Å². The summed E-state index contributed by atoms with van der Waals surface area (Å²) in [5, 5.41) is 30.4. The Morgan fingerprint density at radius 1 is 1.19 bits per heavy atom. The summed E-state index contributed by atoms with van der Waals surface area (Å²) < 4.78 is 1.56.